The van der Waals surface area contributed by atoms with Crippen LogP contribution in [0.15, 0.2) is 24.3 Å². The summed E-state index contributed by atoms with van der Waals surface area (Å²) in [6, 6.07) is 7.64. The zero-order valence-corrected chi connectivity index (χ0v) is 11.5. The fourth-order valence-electron chi connectivity index (χ4n) is 1.63. The molecule has 0 aliphatic heterocycles. The van der Waals surface area contributed by atoms with E-state index in [2.05, 4.69) is 20.3 Å². The van der Waals surface area contributed by atoms with Crippen LogP contribution in [-0.4, -0.2) is 43.2 Å². The minimum Gasteiger partial charge on any atom is -0.496 e. The van der Waals surface area contributed by atoms with Crippen molar-refractivity contribution in [2.24, 2.45) is 0 Å². The van der Waals surface area contributed by atoms with E-state index in [0.717, 1.165) is 11.3 Å². The summed E-state index contributed by atoms with van der Waals surface area (Å²) in [7, 11) is 7.19. The van der Waals surface area contributed by atoms with Crippen LogP contribution in [-0.2, 0) is 0 Å². The molecule has 19 heavy (non-hydrogen) atoms. The Balaban J connectivity index is 2.57. The summed E-state index contributed by atoms with van der Waals surface area (Å²) in [4.78, 5) is 14.9. The number of aromatic nitrogens is 3. The molecular formula is C13H17N5O. The molecule has 0 fully saturated rings. The monoisotopic (exact) mass is 259 g/mol. The van der Waals surface area contributed by atoms with E-state index in [0.29, 0.717) is 17.7 Å². The Kier molecular flexibility index (Phi) is 3.79. The smallest absolute Gasteiger partial charge is 0.230 e. The molecule has 0 saturated heterocycles. The molecule has 1 heterocycles. The molecule has 0 saturated carbocycles. The molecule has 1 aromatic heterocycles. The van der Waals surface area contributed by atoms with Gasteiger partial charge in [0.25, 0.3) is 0 Å². The molecule has 0 unspecified atom stereocenters. The molecule has 0 atom stereocenters. The van der Waals surface area contributed by atoms with Crippen LogP contribution in [0.3, 0.4) is 0 Å². The van der Waals surface area contributed by atoms with Gasteiger partial charge in [-0.15, -0.1) is 0 Å². The van der Waals surface area contributed by atoms with Gasteiger partial charge in [-0.1, -0.05) is 12.1 Å². The van der Waals surface area contributed by atoms with Crippen molar-refractivity contribution in [2.75, 3.05) is 38.5 Å². The number of anilines is 2. The Labute approximate surface area is 112 Å². The van der Waals surface area contributed by atoms with Crippen LogP contribution in [0.25, 0.3) is 11.4 Å². The highest BCUT2D eigenvalue weighted by molar-refractivity contribution is 5.65. The number of benzene rings is 1. The van der Waals surface area contributed by atoms with Gasteiger partial charge in [-0.25, -0.2) is 0 Å². The molecule has 1 N–H and O–H groups in total. The number of nitrogens with one attached hydrogen (secondary N) is 1. The van der Waals surface area contributed by atoms with Gasteiger partial charge in [0, 0.05) is 21.1 Å². The highest BCUT2D eigenvalue weighted by Gasteiger charge is 2.12. The largest absolute Gasteiger partial charge is 0.496 e. The normalized spacial score (nSPS) is 10.1. The van der Waals surface area contributed by atoms with Crippen molar-refractivity contribution < 1.29 is 4.74 Å². The quantitative estimate of drug-likeness (QED) is 0.901. The van der Waals surface area contributed by atoms with E-state index in [4.69, 9.17) is 4.74 Å². The van der Waals surface area contributed by atoms with Crippen LogP contribution in [0.5, 0.6) is 5.75 Å². The highest BCUT2D eigenvalue weighted by atomic mass is 16.5. The van der Waals surface area contributed by atoms with Gasteiger partial charge in [-0.05, 0) is 12.1 Å². The van der Waals surface area contributed by atoms with E-state index >= 15 is 0 Å². The number of para-hydroxylation sites is 1. The number of hydrogen-bond acceptors (Lipinski definition) is 6. The molecule has 0 aliphatic carbocycles. The van der Waals surface area contributed by atoms with Gasteiger partial charge in [0.05, 0.1) is 12.7 Å². The van der Waals surface area contributed by atoms with E-state index in [1.54, 1.807) is 14.2 Å². The predicted octanol–water partition coefficient (Wildman–Crippen LogP) is 1.65. The maximum Gasteiger partial charge on any atom is 0.230 e. The molecule has 0 amide bonds. The maximum absolute atomic E-state index is 5.34. The lowest BCUT2D eigenvalue weighted by Gasteiger charge is -2.13. The highest BCUT2D eigenvalue weighted by Crippen LogP contribution is 2.28. The van der Waals surface area contributed by atoms with Gasteiger partial charge in [0.1, 0.15) is 5.75 Å². The van der Waals surface area contributed by atoms with Gasteiger partial charge >= 0.3 is 0 Å². The summed E-state index contributed by atoms with van der Waals surface area (Å²) in [5.41, 5.74) is 0.840. The molecule has 6 heteroatoms. The lowest BCUT2D eigenvalue weighted by atomic mass is 10.2. The third kappa shape index (κ3) is 2.73. The molecular weight excluding hydrogens is 242 g/mol. The zero-order valence-electron chi connectivity index (χ0n) is 11.5. The van der Waals surface area contributed by atoms with E-state index in [9.17, 15) is 0 Å². The second-order valence-electron chi connectivity index (χ2n) is 4.13. The molecule has 100 valence electrons. The summed E-state index contributed by atoms with van der Waals surface area (Å²) >= 11 is 0. The van der Waals surface area contributed by atoms with Crippen LogP contribution in [0.2, 0.25) is 0 Å². The molecule has 6 nitrogen and oxygen atoms in total. The van der Waals surface area contributed by atoms with E-state index in [1.165, 1.54) is 0 Å². The summed E-state index contributed by atoms with van der Waals surface area (Å²) in [5, 5.41) is 2.94. The maximum atomic E-state index is 5.34. The lowest BCUT2D eigenvalue weighted by molar-refractivity contribution is 0.416. The Hall–Kier alpha value is -2.37. The van der Waals surface area contributed by atoms with Crippen molar-refractivity contribution in [1.29, 1.82) is 0 Å². The third-order valence-corrected chi connectivity index (χ3v) is 2.60. The number of hydrogen-bond donors (Lipinski definition) is 1. The first-order valence-electron chi connectivity index (χ1n) is 5.90. The van der Waals surface area contributed by atoms with Gasteiger partial charge < -0.3 is 15.0 Å². The van der Waals surface area contributed by atoms with Crippen molar-refractivity contribution in [2.45, 2.75) is 0 Å². The van der Waals surface area contributed by atoms with Crippen LogP contribution in [0.4, 0.5) is 11.9 Å². The molecule has 2 rings (SSSR count). The fraction of sp³-hybridized carbons (Fsp3) is 0.308. The minimum atomic E-state index is 0.527. The van der Waals surface area contributed by atoms with Gasteiger partial charge in [-0.2, -0.15) is 15.0 Å². The van der Waals surface area contributed by atoms with E-state index < -0.39 is 0 Å². The molecule has 0 spiro atoms. The first kappa shape index (κ1) is 13.1. The van der Waals surface area contributed by atoms with Crippen molar-refractivity contribution >= 4 is 11.9 Å². The minimum absolute atomic E-state index is 0.527. The number of rotatable bonds is 4. The zero-order chi connectivity index (χ0) is 13.8. The molecule has 0 bridgehead atoms. The summed E-state index contributed by atoms with van der Waals surface area (Å²) in [6.07, 6.45) is 0. The fourth-order valence-corrected chi connectivity index (χ4v) is 1.63. The summed E-state index contributed by atoms with van der Waals surface area (Å²) in [5.74, 6) is 2.45. The second-order valence-corrected chi connectivity index (χ2v) is 4.13. The van der Waals surface area contributed by atoms with Crippen LogP contribution < -0.4 is 15.0 Å². The standard InChI is InChI=1S/C13H17N5O/c1-14-12-15-11(16-13(17-12)18(2)3)9-7-5-6-8-10(9)19-4/h5-8H,1-4H3,(H,14,15,16,17). The number of nitrogens with zero attached hydrogens (tertiary/aromatic N) is 4. The molecule has 1 aromatic carbocycles. The average molecular weight is 259 g/mol. The van der Waals surface area contributed by atoms with Crippen LogP contribution >= 0.6 is 0 Å². The second kappa shape index (κ2) is 5.51. The van der Waals surface area contributed by atoms with Gasteiger partial charge in [-0.3, -0.25) is 0 Å². The Morgan fingerprint density at radius 1 is 1.11 bits per heavy atom. The predicted molar refractivity (Wildman–Crippen MR) is 75.7 cm³/mol. The lowest BCUT2D eigenvalue weighted by Crippen LogP contribution is -2.15. The Morgan fingerprint density at radius 3 is 2.47 bits per heavy atom. The van der Waals surface area contributed by atoms with Crippen molar-refractivity contribution in [3.05, 3.63) is 24.3 Å². The first-order chi connectivity index (χ1) is 9.15. The topological polar surface area (TPSA) is 63.2 Å². The Morgan fingerprint density at radius 2 is 1.84 bits per heavy atom. The van der Waals surface area contributed by atoms with Crippen LogP contribution in [0.1, 0.15) is 0 Å². The third-order valence-electron chi connectivity index (χ3n) is 2.60. The molecule has 0 radical (unpaired) electrons. The summed E-state index contributed by atoms with van der Waals surface area (Å²) in [6.45, 7) is 0. The van der Waals surface area contributed by atoms with Gasteiger partial charge in [0.2, 0.25) is 11.9 Å². The number of ether oxygens (including phenoxy) is 1. The van der Waals surface area contributed by atoms with Gasteiger partial charge in [0.15, 0.2) is 5.82 Å². The Bertz CT molecular complexity index is 571. The molecule has 2 aromatic rings. The van der Waals surface area contributed by atoms with Crippen molar-refractivity contribution in [3.8, 4) is 17.1 Å². The van der Waals surface area contributed by atoms with Crippen molar-refractivity contribution in [3.63, 3.8) is 0 Å². The first-order valence-corrected chi connectivity index (χ1v) is 5.90. The van der Waals surface area contributed by atoms with Crippen molar-refractivity contribution in [1.82, 2.24) is 15.0 Å². The SMILES string of the molecule is CNc1nc(-c2ccccc2OC)nc(N(C)C)n1. The average Bonchev–Trinajstić information content (AvgIpc) is 2.46. The van der Waals surface area contributed by atoms with Crippen LogP contribution in [0, 0.1) is 0 Å². The number of methoxy groups -OCH3 is 1. The van der Waals surface area contributed by atoms with E-state index in [1.807, 2.05) is 43.3 Å². The molecule has 0 aliphatic rings. The van der Waals surface area contributed by atoms with E-state index in [-0.39, 0.29) is 0 Å². The summed E-state index contributed by atoms with van der Waals surface area (Å²) < 4.78 is 5.34.